The fourth-order valence-corrected chi connectivity index (χ4v) is 3.46. The summed E-state index contributed by atoms with van der Waals surface area (Å²) in [5, 5.41) is 10.4. The van der Waals surface area contributed by atoms with E-state index >= 15 is 0 Å². The number of halogens is 1. The van der Waals surface area contributed by atoms with Crippen LogP contribution in [0.3, 0.4) is 0 Å². The summed E-state index contributed by atoms with van der Waals surface area (Å²) in [6.07, 6.45) is 2.91. The number of aliphatic hydroxyl groups is 1. The summed E-state index contributed by atoms with van der Waals surface area (Å²) in [5.41, 5.74) is 0.306. The van der Waals surface area contributed by atoms with Crippen LogP contribution < -0.4 is 4.74 Å². The quantitative estimate of drug-likeness (QED) is 0.858. The van der Waals surface area contributed by atoms with Crippen LogP contribution in [0.5, 0.6) is 5.75 Å². The summed E-state index contributed by atoms with van der Waals surface area (Å²) in [4.78, 5) is 2.42. The molecule has 4 heteroatoms. The summed E-state index contributed by atoms with van der Waals surface area (Å²) in [6.45, 7) is 5.32. The molecule has 1 spiro atoms. The van der Waals surface area contributed by atoms with Gasteiger partial charge in [0.2, 0.25) is 0 Å². The van der Waals surface area contributed by atoms with E-state index in [1.165, 1.54) is 12.1 Å². The monoisotopic (exact) mass is 279 g/mol. The van der Waals surface area contributed by atoms with E-state index < -0.39 is 6.10 Å². The van der Waals surface area contributed by atoms with Crippen molar-refractivity contribution in [3.8, 4) is 5.75 Å². The number of nitrogens with zero attached hydrogens (tertiary/aromatic N) is 1. The molecule has 0 bridgehead atoms. The highest BCUT2D eigenvalue weighted by Gasteiger charge is 2.41. The maximum Gasteiger partial charge on any atom is 0.126 e. The maximum absolute atomic E-state index is 13.3. The average molecular weight is 279 g/mol. The van der Waals surface area contributed by atoms with Gasteiger partial charge in [0.05, 0.1) is 6.10 Å². The predicted octanol–water partition coefficient (Wildman–Crippen LogP) is 2.89. The van der Waals surface area contributed by atoms with Crippen LogP contribution in [-0.4, -0.2) is 35.2 Å². The molecule has 2 heterocycles. The second-order valence-corrected chi connectivity index (χ2v) is 5.97. The van der Waals surface area contributed by atoms with Crippen LogP contribution in [0.2, 0.25) is 0 Å². The molecule has 1 saturated heterocycles. The van der Waals surface area contributed by atoms with Gasteiger partial charge in [-0.25, -0.2) is 4.39 Å². The highest BCUT2D eigenvalue weighted by molar-refractivity contribution is 5.38. The van der Waals surface area contributed by atoms with Crippen molar-refractivity contribution in [3.63, 3.8) is 0 Å². The zero-order valence-electron chi connectivity index (χ0n) is 11.9. The minimum atomic E-state index is -0.623. The van der Waals surface area contributed by atoms with Gasteiger partial charge in [0.25, 0.3) is 0 Å². The summed E-state index contributed by atoms with van der Waals surface area (Å²) < 4.78 is 19.5. The van der Waals surface area contributed by atoms with Gasteiger partial charge in [-0.15, -0.1) is 0 Å². The minimum Gasteiger partial charge on any atom is -0.487 e. The van der Waals surface area contributed by atoms with Crippen LogP contribution in [0, 0.1) is 5.82 Å². The molecule has 2 unspecified atom stereocenters. The number of ether oxygens (including phenoxy) is 1. The van der Waals surface area contributed by atoms with Crippen molar-refractivity contribution >= 4 is 0 Å². The van der Waals surface area contributed by atoms with Crippen LogP contribution in [0.1, 0.15) is 44.3 Å². The third-order valence-corrected chi connectivity index (χ3v) is 4.66. The topological polar surface area (TPSA) is 32.7 Å². The fraction of sp³-hybridized carbons (Fsp3) is 0.625. The lowest BCUT2D eigenvalue weighted by molar-refractivity contribution is -0.0240. The Balaban J connectivity index is 1.85. The average Bonchev–Trinajstić information content (AvgIpc) is 2.62. The molecule has 0 saturated carbocycles. The van der Waals surface area contributed by atoms with Crippen molar-refractivity contribution < 1.29 is 14.2 Å². The number of hydrogen-bond donors (Lipinski definition) is 1. The second kappa shape index (κ2) is 5.34. The Bertz CT molecular complexity index is 493. The van der Waals surface area contributed by atoms with Crippen LogP contribution in [-0.2, 0) is 0 Å². The molecule has 0 amide bonds. The first-order chi connectivity index (χ1) is 9.62. The third kappa shape index (κ3) is 2.54. The number of benzene rings is 1. The number of hydrogen-bond acceptors (Lipinski definition) is 3. The zero-order valence-corrected chi connectivity index (χ0v) is 11.9. The van der Waals surface area contributed by atoms with E-state index in [1.54, 1.807) is 6.07 Å². The van der Waals surface area contributed by atoms with Gasteiger partial charge in [-0.1, -0.05) is 6.92 Å². The maximum atomic E-state index is 13.3. The van der Waals surface area contributed by atoms with E-state index in [4.69, 9.17) is 4.74 Å². The number of rotatable bonds is 1. The van der Waals surface area contributed by atoms with Crippen molar-refractivity contribution in [1.82, 2.24) is 4.90 Å². The molecule has 20 heavy (non-hydrogen) atoms. The van der Waals surface area contributed by atoms with Gasteiger partial charge in [0, 0.05) is 18.5 Å². The Hall–Kier alpha value is -1.13. The van der Waals surface area contributed by atoms with Crippen LogP contribution in [0.25, 0.3) is 0 Å². The zero-order chi connectivity index (χ0) is 14.2. The lowest BCUT2D eigenvalue weighted by Gasteiger charge is -2.40. The molecule has 110 valence electrons. The molecular formula is C16H22FNO2. The third-order valence-electron chi connectivity index (χ3n) is 4.66. The normalized spacial score (nSPS) is 30.6. The Morgan fingerprint density at radius 3 is 3.05 bits per heavy atom. The molecule has 1 aromatic rings. The predicted molar refractivity (Wildman–Crippen MR) is 75.3 cm³/mol. The smallest absolute Gasteiger partial charge is 0.126 e. The molecule has 1 fully saturated rings. The molecule has 2 aliphatic heterocycles. The summed E-state index contributed by atoms with van der Waals surface area (Å²) in [7, 11) is 0. The van der Waals surface area contributed by atoms with Crippen molar-refractivity contribution in [3.05, 3.63) is 29.6 Å². The van der Waals surface area contributed by atoms with Crippen LogP contribution in [0.4, 0.5) is 4.39 Å². The molecular weight excluding hydrogens is 257 g/mol. The van der Waals surface area contributed by atoms with Gasteiger partial charge >= 0.3 is 0 Å². The number of fused-ring (bicyclic) bond motifs is 1. The SMILES string of the molecule is CCN1CCCC2(CC1)CC(O)c1cc(F)ccc1O2. The van der Waals surface area contributed by atoms with Crippen molar-refractivity contribution in [2.75, 3.05) is 19.6 Å². The second-order valence-electron chi connectivity index (χ2n) is 5.97. The summed E-state index contributed by atoms with van der Waals surface area (Å²) >= 11 is 0. The molecule has 3 rings (SSSR count). The van der Waals surface area contributed by atoms with E-state index in [-0.39, 0.29) is 11.4 Å². The van der Waals surface area contributed by atoms with E-state index in [1.807, 2.05) is 0 Å². The number of likely N-dealkylation sites (tertiary alicyclic amines) is 1. The van der Waals surface area contributed by atoms with Crippen LogP contribution in [0.15, 0.2) is 18.2 Å². The molecule has 1 N–H and O–H groups in total. The minimum absolute atomic E-state index is 0.284. The first kappa shape index (κ1) is 13.8. The lowest BCUT2D eigenvalue weighted by Crippen LogP contribution is -2.42. The van der Waals surface area contributed by atoms with Crippen LogP contribution >= 0.6 is 0 Å². The van der Waals surface area contributed by atoms with Gasteiger partial charge in [0.15, 0.2) is 0 Å². The molecule has 0 aromatic heterocycles. The van der Waals surface area contributed by atoms with Crippen molar-refractivity contribution in [2.45, 2.75) is 44.3 Å². The standard InChI is InChI=1S/C16H22FNO2/c1-2-18-8-3-6-16(7-9-18)11-14(19)13-10-12(17)4-5-15(13)20-16/h4-5,10,14,19H,2-3,6-9,11H2,1H3. The van der Waals surface area contributed by atoms with E-state index in [2.05, 4.69) is 11.8 Å². The molecule has 3 nitrogen and oxygen atoms in total. The van der Waals surface area contributed by atoms with Gasteiger partial charge < -0.3 is 14.7 Å². The van der Waals surface area contributed by atoms with Gasteiger partial charge in [-0.05, 0) is 50.6 Å². The highest BCUT2D eigenvalue weighted by atomic mass is 19.1. The molecule has 0 radical (unpaired) electrons. The summed E-state index contributed by atoms with van der Waals surface area (Å²) in [5.74, 6) is 0.329. The van der Waals surface area contributed by atoms with E-state index in [0.717, 1.165) is 38.9 Å². The molecule has 2 atom stereocenters. The number of aliphatic hydroxyl groups excluding tert-OH is 1. The van der Waals surface area contributed by atoms with E-state index in [9.17, 15) is 9.50 Å². The highest BCUT2D eigenvalue weighted by Crippen LogP contribution is 2.44. The Kier molecular flexibility index (Phi) is 3.69. The Morgan fingerprint density at radius 1 is 1.40 bits per heavy atom. The van der Waals surface area contributed by atoms with Crippen molar-refractivity contribution in [1.29, 1.82) is 0 Å². The molecule has 1 aromatic carbocycles. The van der Waals surface area contributed by atoms with Gasteiger partial charge in [-0.2, -0.15) is 0 Å². The molecule has 2 aliphatic rings. The first-order valence-corrected chi connectivity index (χ1v) is 7.51. The first-order valence-electron chi connectivity index (χ1n) is 7.51. The van der Waals surface area contributed by atoms with E-state index in [0.29, 0.717) is 17.7 Å². The largest absolute Gasteiger partial charge is 0.487 e. The Morgan fingerprint density at radius 2 is 2.25 bits per heavy atom. The Labute approximate surface area is 119 Å². The lowest BCUT2D eigenvalue weighted by atomic mass is 9.83. The summed E-state index contributed by atoms with van der Waals surface area (Å²) in [6, 6.07) is 4.44. The van der Waals surface area contributed by atoms with Gasteiger partial charge in [0.1, 0.15) is 17.2 Å². The van der Waals surface area contributed by atoms with Gasteiger partial charge in [-0.3, -0.25) is 0 Å². The fourth-order valence-electron chi connectivity index (χ4n) is 3.46. The molecule has 0 aliphatic carbocycles. The van der Waals surface area contributed by atoms with Crippen molar-refractivity contribution in [2.24, 2.45) is 0 Å².